The Hall–Kier alpha value is -0.430. The zero-order chi connectivity index (χ0) is 12.9. The van der Waals surface area contributed by atoms with Crippen LogP contribution in [0.3, 0.4) is 0 Å². The summed E-state index contributed by atoms with van der Waals surface area (Å²) in [6, 6.07) is 6.50. The molecule has 0 radical (unpaired) electrons. The van der Waals surface area contributed by atoms with Crippen LogP contribution in [-0.4, -0.2) is 26.2 Å². The number of hydrogen-bond donors (Lipinski definition) is 2. The lowest BCUT2D eigenvalue weighted by atomic mass is 10.2. The van der Waals surface area contributed by atoms with Crippen LogP contribution in [0.25, 0.3) is 0 Å². The molecule has 6 heteroatoms. The topological polar surface area (TPSA) is 66.4 Å². The zero-order valence-corrected chi connectivity index (χ0v) is 12.0. The highest BCUT2D eigenvalue weighted by atomic mass is 79.9. The first-order valence-electron chi connectivity index (χ1n) is 5.39. The maximum atomic E-state index is 11.8. The first-order valence-corrected chi connectivity index (χ1v) is 7.66. The summed E-state index contributed by atoms with van der Waals surface area (Å²) in [6.07, 6.45) is 0.586. The molecule has 0 aliphatic heterocycles. The predicted molar refractivity (Wildman–Crippen MR) is 70.2 cm³/mol. The second kappa shape index (κ2) is 6.49. The van der Waals surface area contributed by atoms with Gasteiger partial charge in [0.25, 0.3) is 0 Å². The van der Waals surface area contributed by atoms with E-state index < -0.39 is 16.1 Å². The van der Waals surface area contributed by atoms with Gasteiger partial charge in [0.2, 0.25) is 10.0 Å². The highest BCUT2D eigenvalue weighted by Crippen LogP contribution is 2.15. The summed E-state index contributed by atoms with van der Waals surface area (Å²) < 4.78 is 26.9. The van der Waals surface area contributed by atoms with E-state index >= 15 is 0 Å². The molecule has 0 aromatic heterocycles. The van der Waals surface area contributed by atoms with Crippen LogP contribution < -0.4 is 4.72 Å². The Morgan fingerprint density at radius 1 is 1.47 bits per heavy atom. The molecule has 1 rings (SSSR count). The van der Waals surface area contributed by atoms with E-state index in [1.54, 1.807) is 18.2 Å². The van der Waals surface area contributed by atoms with Crippen LogP contribution in [0.2, 0.25) is 0 Å². The van der Waals surface area contributed by atoms with Crippen molar-refractivity contribution >= 4 is 26.0 Å². The molecular weight excluding hydrogens is 306 g/mol. The van der Waals surface area contributed by atoms with E-state index in [1.807, 2.05) is 6.92 Å². The number of nitrogens with one attached hydrogen (secondary N) is 1. The highest BCUT2D eigenvalue weighted by Gasteiger charge is 2.13. The monoisotopic (exact) mass is 321 g/mol. The van der Waals surface area contributed by atoms with Crippen LogP contribution in [0.1, 0.15) is 19.8 Å². The van der Waals surface area contributed by atoms with Gasteiger partial charge in [0, 0.05) is 11.0 Å². The molecule has 1 atom stereocenters. The molecule has 17 heavy (non-hydrogen) atoms. The van der Waals surface area contributed by atoms with Gasteiger partial charge in [0.15, 0.2) is 0 Å². The van der Waals surface area contributed by atoms with Gasteiger partial charge in [0.05, 0.1) is 11.0 Å². The van der Waals surface area contributed by atoms with Gasteiger partial charge in [-0.15, -0.1) is 0 Å². The fraction of sp³-hybridized carbons (Fsp3) is 0.455. The fourth-order valence-electron chi connectivity index (χ4n) is 1.28. The Balaban J connectivity index is 2.63. The number of benzene rings is 1. The Morgan fingerprint density at radius 2 is 2.18 bits per heavy atom. The molecule has 4 nitrogen and oxygen atoms in total. The summed E-state index contributed by atoms with van der Waals surface area (Å²) in [5.41, 5.74) is 0. The van der Waals surface area contributed by atoms with E-state index in [2.05, 4.69) is 20.7 Å². The molecule has 2 N–H and O–H groups in total. The fourth-order valence-corrected chi connectivity index (χ4v) is 2.93. The molecule has 0 aliphatic carbocycles. The molecular formula is C11H16BrNO3S. The van der Waals surface area contributed by atoms with Crippen LogP contribution >= 0.6 is 15.9 Å². The summed E-state index contributed by atoms with van der Waals surface area (Å²) in [4.78, 5) is 0.220. The number of rotatable bonds is 6. The zero-order valence-electron chi connectivity index (χ0n) is 9.56. The molecule has 0 saturated heterocycles. The van der Waals surface area contributed by atoms with Gasteiger partial charge in [-0.2, -0.15) is 0 Å². The van der Waals surface area contributed by atoms with Crippen LogP contribution in [0.4, 0.5) is 0 Å². The minimum absolute atomic E-state index is 0.220. The van der Waals surface area contributed by atoms with Gasteiger partial charge in [-0.1, -0.05) is 28.9 Å². The van der Waals surface area contributed by atoms with Crippen molar-refractivity contribution in [2.45, 2.75) is 30.8 Å². The van der Waals surface area contributed by atoms with Crippen LogP contribution in [0.5, 0.6) is 0 Å². The molecule has 0 fully saturated rings. The summed E-state index contributed by atoms with van der Waals surface area (Å²) in [6.45, 7) is 2.09. The number of hydrogen-bond acceptors (Lipinski definition) is 3. The lowest BCUT2D eigenvalue weighted by molar-refractivity contribution is 0.162. The molecule has 0 spiro atoms. The maximum Gasteiger partial charge on any atom is 0.240 e. The van der Waals surface area contributed by atoms with Gasteiger partial charge in [-0.25, -0.2) is 13.1 Å². The van der Waals surface area contributed by atoms with Crippen molar-refractivity contribution in [2.24, 2.45) is 0 Å². The lowest BCUT2D eigenvalue weighted by Gasteiger charge is -2.09. The van der Waals surface area contributed by atoms with Gasteiger partial charge in [-0.3, -0.25) is 0 Å². The summed E-state index contributed by atoms with van der Waals surface area (Å²) >= 11 is 3.22. The quantitative estimate of drug-likeness (QED) is 0.840. The third kappa shape index (κ3) is 4.75. The highest BCUT2D eigenvalue weighted by molar-refractivity contribution is 9.10. The standard InChI is InChI=1S/C11H16BrNO3S/c1-2-10(14)6-7-13-17(15,16)11-5-3-4-9(12)8-11/h3-5,8,10,13-14H,2,6-7H2,1H3. The third-order valence-corrected chi connectivity index (χ3v) is 4.30. The van der Waals surface area contributed by atoms with Crippen LogP contribution in [0.15, 0.2) is 33.6 Å². The van der Waals surface area contributed by atoms with Crippen molar-refractivity contribution in [1.29, 1.82) is 0 Å². The molecule has 96 valence electrons. The Bertz CT molecular complexity index is 462. The van der Waals surface area contributed by atoms with E-state index in [0.717, 1.165) is 0 Å². The molecule has 0 amide bonds. The smallest absolute Gasteiger partial charge is 0.240 e. The summed E-state index contributed by atoms with van der Waals surface area (Å²) in [7, 11) is -3.48. The van der Waals surface area contributed by atoms with Crippen molar-refractivity contribution in [3.8, 4) is 0 Å². The first kappa shape index (κ1) is 14.6. The Kier molecular flexibility index (Phi) is 5.58. The predicted octanol–water partition coefficient (Wildman–Crippen LogP) is 1.89. The first-order chi connectivity index (χ1) is 7.95. The number of aliphatic hydroxyl groups excluding tert-OH is 1. The van der Waals surface area contributed by atoms with E-state index in [0.29, 0.717) is 17.3 Å². The van der Waals surface area contributed by atoms with Crippen molar-refractivity contribution in [2.75, 3.05) is 6.54 Å². The molecule has 0 bridgehead atoms. The van der Waals surface area contributed by atoms with Gasteiger partial charge in [0.1, 0.15) is 0 Å². The van der Waals surface area contributed by atoms with Crippen LogP contribution in [0, 0.1) is 0 Å². The second-order valence-corrected chi connectivity index (χ2v) is 6.39. The Morgan fingerprint density at radius 3 is 2.76 bits per heavy atom. The molecule has 0 heterocycles. The largest absolute Gasteiger partial charge is 0.393 e. The van der Waals surface area contributed by atoms with E-state index in [-0.39, 0.29) is 11.4 Å². The Labute approximate surface area is 110 Å². The van der Waals surface area contributed by atoms with E-state index in [4.69, 9.17) is 0 Å². The second-order valence-electron chi connectivity index (χ2n) is 3.71. The minimum Gasteiger partial charge on any atom is -0.393 e. The summed E-state index contributed by atoms with van der Waals surface area (Å²) in [5.74, 6) is 0. The lowest BCUT2D eigenvalue weighted by Crippen LogP contribution is -2.27. The number of halogens is 1. The molecule has 1 aromatic carbocycles. The van der Waals surface area contributed by atoms with Gasteiger partial charge >= 0.3 is 0 Å². The minimum atomic E-state index is -3.48. The van der Waals surface area contributed by atoms with Crippen molar-refractivity contribution in [1.82, 2.24) is 4.72 Å². The molecule has 0 saturated carbocycles. The molecule has 1 aromatic rings. The van der Waals surface area contributed by atoms with Crippen LogP contribution in [-0.2, 0) is 10.0 Å². The van der Waals surface area contributed by atoms with E-state index in [9.17, 15) is 13.5 Å². The molecule has 1 unspecified atom stereocenters. The average molecular weight is 322 g/mol. The van der Waals surface area contributed by atoms with Crippen molar-refractivity contribution in [3.63, 3.8) is 0 Å². The average Bonchev–Trinajstić information content (AvgIpc) is 2.28. The van der Waals surface area contributed by atoms with Crippen molar-refractivity contribution < 1.29 is 13.5 Å². The third-order valence-electron chi connectivity index (χ3n) is 2.35. The number of aliphatic hydroxyl groups is 1. The maximum absolute atomic E-state index is 11.8. The van der Waals surface area contributed by atoms with Gasteiger partial charge in [-0.05, 0) is 31.0 Å². The molecule has 0 aliphatic rings. The van der Waals surface area contributed by atoms with Gasteiger partial charge < -0.3 is 5.11 Å². The number of sulfonamides is 1. The van der Waals surface area contributed by atoms with Crippen molar-refractivity contribution in [3.05, 3.63) is 28.7 Å². The normalized spacial score (nSPS) is 13.6. The summed E-state index contributed by atoms with van der Waals surface area (Å²) in [5, 5.41) is 9.33. The SMILES string of the molecule is CCC(O)CCNS(=O)(=O)c1cccc(Br)c1. The van der Waals surface area contributed by atoms with E-state index in [1.165, 1.54) is 6.07 Å².